The molecular formula is C11H15NO. The van der Waals surface area contributed by atoms with Crippen molar-refractivity contribution < 1.29 is 4.79 Å². The zero-order valence-corrected chi connectivity index (χ0v) is 7.81. The van der Waals surface area contributed by atoms with Crippen molar-refractivity contribution in [2.75, 3.05) is 6.54 Å². The fourth-order valence-corrected chi connectivity index (χ4v) is 1.48. The molecule has 0 aromatic carbocycles. The standard InChI is InChI=1S/C11H15NO/c1-2-8-12-11(13)9-10-6-4-3-5-7-10/h1,6H,3-5,7-9H2,(H,12,13). The quantitative estimate of drug-likeness (QED) is 0.515. The average Bonchev–Trinajstić information content (AvgIpc) is 2.16. The van der Waals surface area contributed by atoms with Gasteiger partial charge < -0.3 is 5.32 Å². The predicted molar refractivity (Wildman–Crippen MR) is 53.0 cm³/mol. The van der Waals surface area contributed by atoms with E-state index in [-0.39, 0.29) is 5.91 Å². The third-order valence-corrected chi connectivity index (χ3v) is 2.16. The summed E-state index contributed by atoms with van der Waals surface area (Å²) in [6.45, 7) is 0.339. The summed E-state index contributed by atoms with van der Waals surface area (Å²) >= 11 is 0. The largest absolute Gasteiger partial charge is 0.345 e. The molecule has 0 saturated heterocycles. The molecule has 13 heavy (non-hydrogen) atoms. The van der Waals surface area contributed by atoms with Crippen molar-refractivity contribution in [1.82, 2.24) is 5.32 Å². The summed E-state index contributed by atoms with van der Waals surface area (Å²) in [5.74, 6) is 2.43. The van der Waals surface area contributed by atoms with Gasteiger partial charge in [0.2, 0.25) is 5.91 Å². The van der Waals surface area contributed by atoms with Crippen LogP contribution in [0, 0.1) is 12.3 Å². The minimum absolute atomic E-state index is 0.0473. The first-order valence-corrected chi connectivity index (χ1v) is 4.71. The highest BCUT2D eigenvalue weighted by Gasteiger charge is 2.07. The maximum Gasteiger partial charge on any atom is 0.224 e. The molecule has 0 aromatic heterocycles. The maximum atomic E-state index is 11.2. The molecule has 0 unspecified atom stereocenters. The highest BCUT2D eigenvalue weighted by Crippen LogP contribution is 2.19. The lowest BCUT2D eigenvalue weighted by Gasteiger charge is -2.11. The second-order valence-corrected chi connectivity index (χ2v) is 3.27. The third-order valence-electron chi connectivity index (χ3n) is 2.16. The van der Waals surface area contributed by atoms with E-state index in [2.05, 4.69) is 17.3 Å². The van der Waals surface area contributed by atoms with E-state index in [0.29, 0.717) is 13.0 Å². The smallest absolute Gasteiger partial charge is 0.224 e. The molecule has 0 aliphatic heterocycles. The first-order chi connectivity index (χ1) is 6.33. The van der Waals surface area contributed by atoms with Crippen LogP contribution >= 0.6 is 0 Å². The Hall–Kier alpha value is -1.23. The SMILES string of the molecule is C#CCNC(=O)CC1=CCCCC1. The molecule has 0 spiro atoms. The maximum absolute atomic E-state index is 11.2. The molecule has 70 valence electrons. The number of hydrogen-bond donors (Lipinski definition) is 1. The second-order valence-electron chi connectivity index (χ2n) is 3.27. The summed E-state index contributed by atoms with van der Waals surface area (Å²) in [5.41, 5.74) is 1.26. The molecule has 1 N–H and O–H groups in total. The number of amides is 1. The summed E-state index contributed by atoms with van der Waals surface area (Å²) in [4.78, 5) is 11.2. The lowest BCUT2D eigenvalue weighted by Crippen LogP contribution is -2.23. The molecule has 0 heterocycles. The van der Waals surface area contributed by atoms with Gasteiger partial charge in [0.25, 0.3) is 0 Å². The molecule has 1 aliphatic rings. The molecule has 0 saturated carbocycles. The minimum Gasteiger partial charge on any atom is -0.345 e. The summed E-state index contributed by atoms with van der Waals surface area (Å²) in [6.07, 6.45) is 12.4. The molecule has 1 rings (SSSR count). The van der Waals surface area contributed by atoms with E-state index >= 15 is 0 Å². The van der Waals surface area contributed by atoms with Crippen LogP contribution in [0.3, 0.4) is 0 Å². The van der Waals surface area contributed by atoms with Gasteiger partial charge in [-0.1, -0.05) is 17.6 Å². The van der Waals surface area contributed by atoms with E-state index in [1.54, 1.807) is 0 Å². The van der Waals surface area contributed by atoms with Crippen molar-refractivity contribution in [2.45, 2.75) is 32.1 Å². The number of allylic oxidation sites excluding steroid dienone is 1. The van der Waals surface area contributed by atoms with Gasteiger partial charge in [-0.2, -0.15) is 0 Å². The van der Waals surface area contributed by atoms with E-state index < -0.39 is 0 Å². The number of hydrogen-bond acceptors (Lipinski definition) is 1. The van der Waals surface area contributed by atoms with E-state index in [1.807, 2.05) is 0 Å². The van der Waals surface area contributed by atoms with Gasteiger partial charge >= 0.3 is 0 Å². The van der Waals surface area contributed by atoms with Gasteiger partial charge in [-0.3, -0.25) is 4.79 Å². The normalized spacial score (nSPS) is 15.8. The van der Waals surface area contributed by atoms with E-state index in [0.717, 1.165) is 12.8 Å². The van der Waals surface area contributed by atoms with E-state index in [1.165, 1.54) is 18.4 Å². The van der Waals surface area contributed by atoms with Crippen molar-refractivity contribution in [3.05, 3.63) is 11.6 Å². The Balaban J connectivity index is 2.27. The van der Waals surface area contributed by atoms with Gasteiger partial charge in [0, 0.05) is 6.42 Å². The molecule has 0 fully saturated rings. The van der Waals surface area contributed by atoms with E-state index in [9.17, 15) is 4.79 Å². The van der Waals surface area contributed by atoms with E-state index in [4.69, 9.17) is 6.42 Å². The first kappa shape index (κ1) is 9.85. The topological polar surface area (TPSA) is 29.1 Å². The fraction of sp³-hybridized carbons (Fsp3) is 0.545. The summed E-state index contributed by atoms with van der Waals surface area (Å²) in [7, 11) is 0. The summed E-state index contributed by atoms with van der Waals surface area (Å²) in [6, 6.07) is 0. The Kier molecular flexibility index (Phi) is 4.11. The number of terminal acetylenes is 1. The van der Waals surface area contributed by atoms with Crippen LogP contribution in [-0.2, 0) is 4.79 Å². The lowest BCUT2D eigenvalue weighted by molar-refractivity contribution is -0.120. The highest BCUT2D eigenvalue weighted by atomic mass is 16.1. The molecule has 0 atom stereocenters. The zero-order valence-electron chi connectivity index (χ0n) is 7.81. The average molecular weight is 177 g/mol. The summed E-state index contributed by atoms with van der Waals surface area (Å²) in [5, 5.41) is 2.66. The van der Waals surface area contributed by atoms with Gasteiger partial charge in [-0.15, -0.1) is 6.42 Å². The second kappa shape index (κ2) is 5.42. The molecule has 2 heteroatoms. The lowest BCUT2D eigenvalue weighted by atomic mass is 9.97. The number of carbonyl (C=O) groups excluding carboxylic acids is 1. The first-order valence-electron chi connectivity index (χ1n) is 4.71. The molecular weight excluding hydrogens is 162 g/mol. The Morgan fingerprint density at radius 2 is 2.46 bits per heavy atom. The Morgan fingerprint density at radius 1 is 1.62 bits per heavy atom. The molecule has 1 aliphatic carbocycles. The Labute approximate surface area is 79.4 Å². The third kappa shape index (κ3) is 3.80. The van der Waals surface area contributed by atoms with Crippen molar-refractivity contribution in [3.63, 3.8) is 0 Å². The van der Waals surface area contributed by atoms with Crippen LogP contribution in [0.2, 0.25) is 0 Å². The predicted octanol–water partition coefficient (Wildman–Crippen LogP) is 1.63. The van der Waals surface area contributed by atoms with Crippen LogP contribution in [0.5, 0.6) is 0 Å². The van der Waals surface area contributed by atoms with Crippen molar-refractivity contribution in [3.8, 4) is 12.3 Å². The monoisotopic (exact) mass is 177 g/mol. The molecule has 1 amide bonds. The Bertz CT molecular complexity index is 247. The number of carbonyl (C=O) groups is 1. The van der Waals surface area contributed by atoms with Gasteiger partial charge in [0.15, 0.2) is 0 Å². The van der Waals surface area contributed by atoms with Gasteiger partial charge in [-0.05, 0) is 25.7 Å². The molecule has 0 bridgehead atoms. The number of rotatable bonds is 3. The summed E-state index contributed by atoms with van der Waals surface area (Å²) < 4.78 is 0. The van der Waals surface area contributed by atoms with Crippen LogP contribution in [0.4, 0.5) is 0 Å². The van der Waals surface area contributed by atoms with Gasteiger partial charge in [0.05, 0.1) is 6.54 Å². The molecule has 2 nitrogen and oxygen atoms in total. The van der Waals surface area contributed by atoms with Gasteiger partial charge in [-0.25, -0.2) is 0 Å². The van der Waals surface area contributed by atoms with Crippen LogP contribution < -0.4 is 5.32 Å². The zero-order chi connectivity index (χ0) is 9.52. The van der Waals surface area contributed by atoms with Crippen molar-refractivity contribution in [2.24, 2.45) is 0 Å². The fourth-order valence-electron chi connectivity index (χ4n) is 1.48. The molecule has 0 radical (unpaired) electrons. The van der Waals surface area contributed by atoms with Crippen LogP contribution in [-0.4, -0.2) is 12.5 Å². The van der Waals surface area contributed by atoms with Crippen molar-refractivity contribution in [1.29, 1.82) is 0 Å². The van der Waals surface area contributed by atoms with Crippen LogP contribution in [0.15, 0.2) is 11.6 Å². The number of nitrogens with one attached hydrogen (secondary N) is 1. The van der Waals surface area contributed by atoms with Crippen LogP contribution in [0.1, 0.15) is 32.1 Å². The minimum atomic E-state index is 0.0473. The highest BCUT2D eigenvalue weighted by molar-refractivity contribution is 5.78. The Morgan fingerprint density at radius 3 is 3.08 bits per heavy atom. The van der Waals surface area contributed by atoms with Crippen LogP contribution in [0.25, 0.3) is 0 Å². The molecule has 0 aromatic rings. The van der Waals surface area contributed by atoms with Gasteiger partial charge in [0.1, 0.15) is 0 Å². The van der Waals surface area contributed by atoms with Crippen molar-refractivity contribution >= 4 is 5.91 Å².